The van der Waals surface area contributed by atoms with E-state index in [4.69, 9.17) is 0 Å². The molecular formula is C8H10O6S2. The molecule has 0 aromatic rings. The van der Waals surface area contributed by atoms with E-state index in [0.29, 0.717) is 10.8 Å². The second kappa shape index (κ2) is 6.44. The lowest BCUT2D eigenvalue weighted by Gasteiger charge is -1.94. The molecule has 0 bridgehead atoms. The maximum atomic E-state index is 10.7. The van der Waals surface area contributed by atoms with E-state index in [1.807, 2.05) is 0 Å². The van der Waals surface area contributed by atoms with Crippen LogP contribution in [0.1, 0.15) is 0 Å². The van der Waals surface area contributed by atoms with Gasteiger partial charge in [-0.05, 0) is 0 Å². The van der Waals surface area contributed by atoms with Gasteiger partial charge in [-0.15, -0.1) is 0 Å². The summed E-state index contributed by atoms with van der Waals surface area (Å²) >= 11 is 0. The van der Waals surface area contributed by atoms with E-state index >= 15 is 0 Å². The van der Waals surface area contributed by atoms with E-state index in [-0.39, 0.29) is 0 Å². The number of hydrogen-bond donors (Lipinski definition) is 0. The molecule has 0 atom stereocenters. The largest absolute Gasteiger partial charge is 0.290 e. The maximum absolute atomic E-state index is 10.7. The molecule has 0 aliphatic carbocycles. The average molecular weight is 266 g/mol. The van der Waals surface area contributed by atoms with Crippen molar-refractivity contribution in [1.82, 2.24) is 0 Å². The first-order valence-corrected chi connectivity index (χ1v) is 6.77. The van der Waals surface area contributed by atoms with Crippen molar-refractivity contribution in [2.24, 2.45) is 0 Å². The van der Waals surface area contributed by atoms with Gasteiger partial charge in [0.1, 0.15) is 13.2 Å². The van der Waals surface area contributed by atoms with Crippen molar-refractivity contribution in [3.63, 3.8) is 0 Å². The van der Waals surface area contributed by atoms with Gasteiger partial charge in [0.2, 0.25) is 0 Å². The molecule has 0 rings (SSSR count). The minimum absolute atomic E-state index is 0.397. The summed E-state index contributed by atoms with van der Waals surface area (Å²) in [5, 5.41) is 1.26. The van der Waals surface area contributed by atoms with E-state index < -0.39 is 33.5 Å². The van der Waals surface area contributed by atoms with Gasteiger partial charge in [-0.3, -0.25) is 8.37 Å². The first-order valence-electron chi connectivity index (χ1n) is 3.82. The Morgan fingerprint density at radius 1 is 0.875 bits per heavy atom. The molecule has 0 unspecified atom stereocenters. The van der Waals surface area contributed by atoms with E-state index in [1.165, 1.54) is 0 Å². The van der Waals surface area contributed by atoms with Crippen LogP contribution in [0.2, 0.25) is 0 Å². The van der Waals surface area contributed by atoms with Crippen LogP contribution in [0.4, 0.5) is 0 Å². The fourth-order valence-electron chi connectivity index (χ4n) is 0.421. The van der Waals surface area contributed by atoms with Crippen molar-refractivity contribution in [2.75, 3.05) is 13.2 Å². The normalized spacial score (nSPS) is 11.2. The third-order valence-corrected chi connectivity index (χ3v) is 2.83. The summed E-state index contributed by atoms with van der Waals surface area (Å²) < 4.78 is 51.3. The van der Waals surface area contributed by atoms with Gasteiger partial charge >= 0.3 is 0 Å². The highest BCUT2D eigenvalue weighted by molar-refractivity contribution is 7.89. The summed E-state index contributed by atoms with van der Waals surface area (Å²) in [6, 6.07) is 0. The standard InChI is InChI=1S/C8H10O6S2/c1-3-15(9,10)13-7-5-6-8-14-16(11,12)4-2/h3-4H,1-2,7-8H2. The van der Waals surface area contributed by atoms with Gasteiger partial charge in [-0.2, -0.15) is 16.8 Å². The highest BCUT2D eigenvalue weighted by Gasteiger charge is 2.02. The Morgan fingerprint density at radius 2 is 1.19 bits per heavy atom. The zero-order valence-corrected chi connectivity index (χ0v) is 9.88. The van der Waals surface area contributed by atoms with Crippen LogP contribution < -0.4 is 0 Å². The Bertz CT molecular complexity index is 456. The summed E-state index contributed by atoms with van der Waals surface area (Å²) in [5.41, 5.74) is 0. The Hall–Kier alpha value is -1.14. The fourth-order valence-corrected chi connectivity index (χ4v) is 1.06. The molecule has 0 aromatic carbocycles. The lowest BCUT2D eigenvalue weighted by Crippen LogP contribution is -2.03. The number of hydrogen-bond acceptors (Lipinski definition) is 6. The van der Waals surface area contributed by atoms with Crippen molar-refractivity contribution in [3.8, 4) is 11.8 Å². The van der Waals surface area contributed by atoms with Crippen LogP contribution in [0, 0.1) is 11.8 Å². The summed E-state index contributed by atoms with van der Waals surface area (Å²) in [6.45, 7) is 5.24. The maximum Gasteiger partial charge on any atom is 0.290 e. The second-order valence-corrected chi connectivity index (χ2v) is 5.31. The Kier molecular flexibility index (Phi) is 5.98. The third-order valence-electron chi connectivity index (χ3n) is 1.12. The van der Waals surface area contributed by atoms with Crippen LogP contribution in [0.25, 0.3) is 0 Å². The van der Waals surface area contributed by atoms with E-state index in [1.54, 1.807) is 0 Å². The SMILES string of the molecule is C=CS(=O)(=O)OCC#CCOS(=O)(=O)C=C. The molecule has 0 aliphatic heterocycles. The first-order chi connectivity index (χ1) is 7.33. The minimum Gasteiger partial charge on any atom is -0.254 e. The van der Waals surface area contributed by atoms with Gasteiger partial charge in [0.15, 0.2) is 0 Å². The molecule has 0 saturated heterocycles. The molecule has 6 nitrogen and oxygen atoms in total. The lowest BCUT2D eigenvalue weighted by molar-refractivity contribution is 0.363. The van der Waals surface area contributed by atoms with Crippen LogP contribution in [0.15, 0.2) is 24.0 Å². The summed E-state index contributed by atoms with van der Waals surface area (Å²) in [4.78, 5) is 0. The van der Waals surface area contributed by atoms with Crippen LogP contribution in [0.3, 0.4) is 0 Å². The monoisotopic (exact) mass is 266 g/mol. The molecule has 0 spiro atoms. The summed E-state index contributed by atoms with van der Waals surface area (Å²) in [7, 11) is -7.51. The van der Waals surface area contributed by atoms with Crippen molar-refractivity contribution < 1.29 is 25.2 Å². The molecule has 16 heavy (non-hydrogen) atoms. The van der Waals surface area contributed by atoms with E-state index in [0.717, 1.165) is 0 Å². The molecule has 90 valence electrons. The first kappa shape index (κ1) is 14.9. The van der Waals surface area contributed by atoms with Crippen LogP contribution in [0.5, 0.6) is 0 Å². The highest BCUT2D eigenvalue weighted by atomic mass is 32.2. The zero-order valence-electron chi connectivity index (χ0n) is 8.25. The molecule has 0 amide bonds. The molecule has 0 aromatic heterocycles. The van der Waals surface area contributed by atoms with Gasteiger partial charge in [-0.1, -0.05) is 25.0 Å². The predicted octanol–water partition coefficient (Wildman–Crippen LogP) is -0.0304. The topological polar surface area (TPSA) is 86.7 Å². The third kappa shape index (κ3) is 7.19. The van der Waals surface area contributed by atoms with Crippen molar-refractivity contribution >= 4 is 20.2 Å². The summed E-state index contributed by atoms with van der Waals surface area (Å²) in [6.07, 6.45) is 0. The van der Waals surface area contributed by atoms with Crippen molar-refractivity contribution in [1.29, 1.82) is 0 Å². The van der Waals surface area contributed by atoms with Gasteiger partial charge in [0.25, 0.3) is 20.2 Å². The van der Waals surface area contributed by atoms with Gasteiger partial charge in [0.05, 0.1) is 10.8 Å². The van der Waals surface area contributed by atoms with Crippen molar-refractivity contribution in [3.05, 3.63) is 24.0 Å². The van der Waals surface area contributed by atoms with Crippen LogP contribution >= 0.6 is 0 Å². The Morgan fingerprint density at radius 3 is 1.44 bits per heavy atom. The summed E-state index contributed by atoms with van der Waals surface area (Å²) in [5.74, 6) is 4.50. The van der Waals surface area contributed by atoms with Gasteiger partial charge in [0, 0.05) is 0 Å². The van der Waals surface area contributed by atoms with Gasteiger partial charge in [-0.25, -0.2) is 0 Å². The molecule has 0 heterocycles. The average Bonchev–Trinajstić information content (AvgIpc) is 2.23. The van der Waals surface area contributed by atoms with Crippen LogP contribution in [-0.2, 0) is 28.6 Å². The molecule has 0 fully saturated rings. The fraction of sp³-hybridized carbons (Fsp3) is 0.250. The number of rotatable bonds is 6. The zero-order chi connectivity index (χ0) is 12.7. The van der Waals surface area contributed by atoms with Crippen LogP contribution in [-0.4, -0.2) is 30.0 Å². The van der Waals surface area contributed by atoms with Gasteiger partial charge < -0.3 is 0 Å². The molecular weight excluding hydrogens is 256 g/mol. The predicted molar refractivity (Wildman–Crippen MR) is 57.9 cm³/mol. The molecule has 0 aliphatic rings. The highest BCUT2D eigenvalue weighted by Crippen LogP contribution is 1.93. The second-order valence-electron chi connectivity index (χ2n) is 2.20. The molecule has 0 radical (unpaired) electrons. The van der Waals surface area contributed by atoms with Crippen molar-refractivity contribution in [2.45, 2.75) is 0 Å². The quantitative estimate of drug-likeness (QED) is 0.495. The minimum atomic E-state index is -3.75. The smallest absolute Gasteiger partial charge is 0.254 e. The van der Waals surface area contributed by atoms with E-state index in [9.17, 15) is 16.8 Å². The molecule has 8 heteroatoms. The Labute approximate surface area is 94.8 Å². The lowest BCUT2D eigenvalue weighted by atomic mass is 10.6. The Balaban J connectivity index is 3.99. The molecule has 0 N–H and O–H groups in total. The molecule has 0 saturated carbocycles. The van der Waals surface area contributed by atoms with E-state index in [2.05, 4.69) is 33.4 Å².